The molecule has 0 aromatic carbocycles. The summed E-state index contributed by atoms with van der Waals surface area (Å²) in [5.41, 5.74) is 0. The van der Waals surface area contributed by atoms with Crippen molar-refractivity contribution < 1.29 is 19.1 Å². The number of hydrogen-bond donors (Lipinski definition) is 2. The largest absolute Gasteiger partial charge is 0.385 e. The molecular formula is C21H35N3O4. The summed E-state index contributed by atoms with van der Waals surface area (Å²) in [5.74, 6) is 0.544. The van der Waals surface area contributed by atoms with Crippen LogP contribution < -0.4 is 10.6 Å². The van der Waals surface area contributed by atoms with Crippen LogP contribution >= 0.6 is 0 Å². The Morgan fingerprint density at radius 3 is 2.29 bits per heavy atom. The van der Waals surface area contributed by atoms with E-state index in [-0.39, 0.29) is 29.6 Å². The monoisotopic (exact) mass is 393 g/mol. The quantitative estimate of drug-likeness (QED) is 0.581. The van der Waals surface area contributed by atoms with Gasteiger partial charge in [-0.05, 0) is 50.9 Å². The van der Waals surface area contributed by atoms with Crippen LogP contribution in [0.1, 0.15) is 57.8 Å². The summed E-state index contributed by atoms with van der Waals surface area (Å²) >= 11 is 0. The van der Waals surface area contributed by atoms with E-state index in [2.05, 4.69) is 10.6 Å². The molecule has 0 aromatic rings. The van der Waals surface area contributed by atoms with Gasteiger partial charge in [0.05, 0.1) is 0 Å². The molecule has 0 aromatic heterocycles. The lowest BCUT2D eigenvalue weighted by molar-refractivity contribution is -0.138. The molecule has 1 saturated heterocycles. The van der Waals surface area contributed by atoms with Gasteiger partial charge in [-0.1, -0.05) is 12.8 Å². The van der Waals surface area contributed by atoms with Gasteiger partial charge in [0.15, 0.2) is 0 Å². The van der Waals surface area contributed by atoms with Gasteiger partial charge in [0.25, 0.3) is 0 Å². The molecule has 3 rings (SSSR count). The molecule has 28 heavy (non-hydrogen) atoms. The second-order valence-corrected chi connectivity index (χ2v) is 8.54. The summed E-state index contributed by atoms with van der Waals surface area (Å²) in [4.78, 5) is 39.7. The smallest absolute Gasteiger partial charge is 0.242 e. The Morgan fingerprint density at radius 1 is 1.00 bits per heavy atom. The van der Waals surface area contributed by atoms with E-state index in [4.69, 9.17) is 4.74 Å². The zero-order chi connectivity index (χ0) is 19.9. The minimum Gasteiger partial charge on any atom is -0.385 e. The lowest BCUT2D eigenvalue weighted by Crippen LogP contribution is -2.54. The number of rotatable bonds is 9. The Kier molecular flexibility index (Phi) is 7.71. The molecular weight excluding hydrogens is 358 g/mol. The highest BCUT2D eigenvalue weighted by molar-refractivity contribution is 5.89. The number of amides is 3. The number of carbonyl (C=O) groups is 3. The standard InChI is InChI=1S/C21H35N3O4/c1-28-14-4-11-22-20(26)18(23-19(25)16-7-8-16)15-9-12-24(13-10-15)21(27)17-5-2-3-6-17/h15-18H,2-14H2,1H3,(H,22,26)(H,23,25). The van der Waals surface area contributed by atoms with Crippen molar-refractivity contribution in [2.45, 2.75) is 63.8 Å². The first-order valence-corrected chi connectivity index (χ1v) is 11.0. The molecule has 1 atom stereocenters. The maximum Gasteiger partial charge on any atom is 0.242 e. The Hall–Kier alpha value is -1.63. The van der Waals surface area contributed by atoms with Crippen LogP contribution in [0, 0.1) is 17.8 Å². The fourth-order valence-corrected chi connectivity index (χ4v) is 4.44. The second-order valence-electron chi connectivity index (χ2n) is 8.54. The van der Waals surface area contributed by atoms with E-state index >= 15 is 0 Å². The van der Waals surface area contributed by atoms with Crippen LogP contribution in [0.3, 0.4) is 0 Å². The molecule has 3 fully saturated rings. The van der Waals surface area contributed by atoms with Crippen LogP contribution in [-0.4, -0.2) is 62.0 Å². The molecule has 1 heterocycles. The van der Waals surface area contributed by atoms with Crippen LogP contribution in [0.5, 0.6) is 0 Å². The summed E-state index contributed by atoms with van der Waals surface area (Å²) in [6.45, 7) is 2.52. The predicted octanol–water partition coefficient (Wildman–Crippen LogP) is 1.46. The van der Waals surface area contributed by atoms with Gasteiger partial charge < -0.3 is 20.3 Å². The van der Waals surface area contributed by atoms with Crippen molar-refractivity contribution >= 4 is 17.7 Å². The van der Waals surface area contributed by atoms with E-state index in [1.165, 1.54) is 0 Å². The van der Waals surface area contributed by atoms with Gasteiger partial charge >= 0.3 is 0 Å². The highest BCUT2D eigenvalue weighted by atomic mass is 16.5. The average Bonchev–Trinajstić information content (AvgIpc) is 3.43. The van der Waals surface area contributed by atoms with E-state index in [1.54, 1.807) is 7.11 Å². The fourth-order valence-electron chi connectivity index (χ4n) is 4.44. The SMILES string of the molecule is COCCCNC(=O)C(NC(=O)C1CC1)C1CCN(C(=O)C2CCCC2)CC1. The second kappa shape index (κ2) is 10.2. The Morgan fingerprint density at radius 2 is 1.68 bits per heavy atom. The normalized spacial score (nSPS) is 22.1. The van der Waals surface area contributed by atoms with E-state index in [0.717, 1.165) is 57.8 Å². The number of hydrogen-bond acceptors (Lipinski definition) is 4. The van der Waals surface area contributed by atoms with E-state index < -0.39 is 6.04 Å². The van der Waals surface area contributed by atoms with Crippen molar-refractivity contribution in [3.63, 3.8) is 0 Å². The first kappa shape index (κ1) is 21.1. The van der Waals surface area contributed by atoms with Crippen LogP contribution in [0.4, 0.5) is 0 Å². The summed E-state index contributed by atoms with van der Waals surface area (Å²) in [6, 6.07) is -0.501. The topological polar surface area (TPSA) is 87.7 Å². The fraction of sp³-hybridized carbons (Fsp3) is 0.857. The highest BCUT2D eigenvalue weighted by Gasteiger charge is 2.38. The van der Waals surface area contributed by atoms with Crippen LogP contribution in [0.15, 0.2) is 0 Å². The number of piperidine rings is 1. The maximum absolute atomic E-state index is 12.8. The third kappa shape index (κ3) is 5.69. The third-order valence-electron chi connectivity index (χ3n) is 6.38. The lowest BCUT2D eigenvalue weighted by Gasteiger charge is -2.36. The Bertz CT molecular complexity index is 550. The van der Waals surface area contributed by atoms with Crippen molar-refractivity contribution in [1.82, 2.24) is 15.5 Å². The zero-order valence-corrected chi connectivity index (χ0v) is 17.1. The molecule has 7 nitrogen and oxygen atoms in total. The van der Waals surface area contributed by atoms with Crippen molar-refractivity contribution in [2.75, 3.05) is 33.4 Å². The van der Waals surface area contributed by atoms with Gasteiger partial charge in [-0.3, -0.25) is 14.4 Å². The molecule has 1 aliphatic heterocycles. The molecule has 1 unspecified atom stereocenters. The summed E-state index contributed by atoms with van der Waals surface area (Å²) in [7, 11) is 1.64. The predicted molar refractivity (Wildman–Crippen MR) is 105 cm³/mol. The number of nitrogens with one attached hydrogen (secondary N) is 2. The van der Waals surface area contributed by atoms with Gasteiger partial charge in [-0.2, -0.15) is 0 Å². The molecule has 2 aliphatic carbocycles. The minimum atomic E-state index is -0.501. The van der Waals surface area contributed by atoms with Gasteiger partial charge in [0.2, 0.25) is 17.7 Å². The first-order chi connectivity index (χ1) is 13.6. The third-order valence-corrected chi connectivity index (χ3v) is 6.38. The molecule has 3 amide bonds. The highest BCUT2D eigenvalue weighted by Crippen LogP contribution is 2.31. The van der Waals surface area contributed by atoms with Crippen molar-refractivity contribution in [3.05, 3.63) is 0 Å². The summed E-state index contributed by atoms with van der Waals surface area (Å²) in [6.07, 6.45) is 8.46. The van der Waals surface area contributed by atoms with Gasteiger partial charge in [0, 0.05) is 45.2 Å². The van der Waals surface area contributed by atoms with Crippen molar-refractivity contribution in [3.8, 4) is 0 Å². The first-order valence-electron chi connectivity index (χ1n) is 11.0. The molecule has 3 aliphatic rings. The Balaban J connectivity index is 1.53. The molecule has 7 heteroatoms. The molecule has 0 radical (unpaired) electrons. The zero-order valence-electron chi connectivity index (χ0n) is 17.1. The molecule has 0 bridgehead atoms. The lowest BCUT2D eigenvalue weighted by atomic mass is 9.88. The number of likely N-dealkylation sites (tertiary alicyclic amines) is 1. The average molecular weight is 394 g/mol. The van der Waals surface area contributed by atoms with Gasteiger partial charge in [0.1, 0.15) is 6.04 Å². The number of ether oxygens (including phenoxy) is 1. The van der Waals surface area contributed by atoms with Gasteiger partial charge in [-0.25, -0.2) is 0 Å². The molecule has 2 saturated carbocycles. The van der Waals surface area contributed by atoms with Crippen LogP contribution in [-0.2, 0) is 19.1 Å². The van der Waals surface area contributed by atoms with E-state index in [0.29, 0.717) is 32.1 Å². The molecule has 158 valence electrons. The summed E-state index contributed by atoms with van der Waals surface area (Å²) < 4.78 is 5.02. The van der Waals surface area contributed by atoms with Crippen molar-refractivity contribution in [2.24, 2.45) is 17.8 Å². The number of nitrogens with zero attached hydrogens (tertiary/aromatic N) is 1. The molecule has 2 N–H and O–H groups in total. The van der Waals surface area contributed by atoms with Crippen molar-refractivity contribution in [1.29, 1.82) is 0 Å². The summed E-state index contributed by atoms with van der Waals surface area (Å²) in [5, 5.41) is 5.95. The number of methoxy groups -OCH3 is 1. The Labute approximate surface area is 167 Å². The minimum absolute atomic E-state index is 0.00139. The number of carbonyl (C=O) groups excluding carboxylic acids is 3. The maximum atomic E-state index is 12.8. The molecule has 0 spiro atoms. The van der Waals surface area contributed by atoms with Crippen LogP contribution in [0.25, 0.3) is 0 Å². The van der Waals surface area contributed by atoms with E-state index in [1.807, 2.05) is 4.90 Å². The van der Waals surface area contributed by atoms with Crippen LogP contribution in [0.2, 0.25) is 0 Å². The van der Waals surface area contributed by atoms with E-state index in [9.17, 15) is 14.4 Å². The van der Waals surface area contributed by atoms with Gasteiger partial charge in [-0.15, -0.1) is 0 Å².